The Balaban J connectivity index is 3.08. The molecule has 1 rings (SSSR count). The van der Waals surface area contributed by atoms with E-state index in [1.165, 1.54) is 6.07 Å². The zero-order chi connectivity index (χ0) is 9.84. The molecule has 0 fully saturated rings. The molecule has 1 atom stereocenters. The summed E-state index contributed by atoms with van der Waals surface area (Å²) in [7, 11) is 0. The quantitative estimate of drug-likeness (QED) is 0.671. The van der Waals surface area contributed by atoms with Crippen molar-refractivity contribution in [3.05, 3.63) is 35.1 Å². The van der Waals surface area contributed by atoms with Crippen LogP contribution in [0.15, 0.2) is 18.2 Å². The number of nitrogens with zero attached hydrogens (tertiary/aromatic N) is 1. The Morgan fingerprint density at radius 2 is 2.31 bits per heavy atom. The molecule has 0 saturated carbocycles. The van der Waals surface area contributed by atoms with Crippen LogP contribution in [-0.4, -0.2) is 0 Å². The summed E-state index contributed by atoms with van der Waals surface area (Å²) in [5.74, 6) is -0.466. The van der Waals surface area contributed by atoms with Gasteiger partial charge in [-0.25, -0.2) is 4.39 Å². The fourth-order valence-corrected chi connectivity index (χ4v) is 1.32. The van der Waals surface area contributed by atoms with Gasteiger partial charge in [0.05, 0.1) is 5.56 Å². The van der Waals surface area contributed by atoms with Gasteiger partial charge in [0.15, 0.2) is 0 Å². The lowest BCUT2D eigenvalue weighted by molar-refractivity contribution is 0.621. The third-order valence-electron chi connectivity index (χ3n) is 1.77. The molecule has 2 nitrogen and oxygen atoms in total. The van der Waals surface area contributed by atoms with Crippen LogP contribution in [0.2, 0.25) is 0 Å². The number of benzene rings is 1. The number of halogens is 2. The van der Waals surface area contributed by atoms with Gasteiger partial charge in [-0.15, -0.1) is 0 Å². The van der Waals surface area contributed by atoms with Gasteiger partial charge in [-0.1, -0.05) is 6.07 Å². The van der Waals surface area contributed by atoms with Crippen LogP contribution in [-0.2, 0) is 0 Å². The second-order valence-corrected chi connectivity index (χ2v) is 3.30. The molecule has 1 aromatic rings. The van der Waals surface area contributed by atoms with Crippen LogP contribution in [0.5, 0.6) is 0 Å². The molecule has 0 aromatic heterocycles. The lowest BCUT2D eigenvalue weighted by Gasteiger charge is -2.09. The van der Waals surface area contributed by atoms with Crippen molar-refractivity contribution in [2.24, 2.45) is 0 Å². The van der Waals surface area contributed by atoms with Crippen LogP contribution in [0.4, 0.5) is 4.39 Å². The summed E-state index contributed by atoms with van der Waals surface area (Å²) in [5, 5.41) is 8.59. The Kier molecular flexibility index (Phi) is 3.63. The molecule has 0 bridgehead atoms. The summed E-state index contributed by atoms with van der Waals surface area (Å²) in [6.45, 7) is 1.95. The van der Waals surface area contributed by atoms with Gasteiger partial charge in [-0.3, -0.25) is 3.53 Å². The molecule has 0 heterocycles. The maximum absolute atomic E-state index is 12.9. The van der Waals surface area contributed by atoms with Crippen molar-refractivity contribution in [1.29, 1.82) is 5.26 Å². The van der Waals surface area contributed by atoms with Crippen molar-refractivity contribution < 1.29 is 4.39 Å². The fraction of sp³-hybridized carbons (Fsp3) is 0.222. The van der Waals surface area contributed by atoms with E-state index in [1.54, 1.807) is 12.1 Å². The molecule has 4 heteroatoms. The van der Waals surface area contributed by atoms with Crippen LogP contribution >= 0.6 is 22.9 Å². The minimum atomic E-state index is -0.466. The van der Waals surface area contributed by atoms with Gasteiger partial charge in [0.25, 0.3) is 0 Å². The highest BCUT2D eigenvalue weighted by Crippen LogP contribution is 2.16. The number of rotatable bonds is 2. The lowest BCUT2D eigenvalue weighted by Crippen LogP contribution is -2.06. The second kappa shape index (κ2) is 4.53. The van der Waals surface area contributed by atoms with E-state index < -0.39 is 5.82 Å². The topological polar surface area (TPSA) is 35.8 Å². The molecule has 0 aliphatic carbocycles. The van der Waals surface area contributed by atoms with Gasteiger partial charge in [0, 0.05) is 28.9 Å². The van der Waals surface area contributed by atoms with Crippen LogP contribution < -0.4 is 3.53 Å². The summed E-state index contributed by atoms with van der Waals surface area (Å²) in [6.07, 6.45) is 0. The molecule has 0 amide bonds. The van der Waals surface area contributed by atoms with Crippen LogP contribution in [0, 0.1) is 17.1 Å². The largest absolute Gasteiger partial charge is 0.254 e. The Hall–Kier alpha value is -0.670. The van der Waals surface area contributed by atoms with Crippen LogP contribution in [0.1, 0.15) is 24.1 Å². The van der Waals surface area contributed by atoms with Gasteiger partial charge in [-0.2, -0.15) is 5.26 Å². The third-order valence-corrected chi connectivity index (χ3v) is 2.71. The van der Waals surface area contributed by atoms with Crippen molar-refractivity contribution >= 4 is 22.9 Å². The summed E-state index contributed by atoms with van der Waals surface area (Å²) in [5.41, 5.74) is 1.00. The highest BCUT2D eigenvalue weighted by Gasteiger charge is 2.07. The minimum absolute atomic E-state index is 0.0935. The minimum Gasteiger partial charge on any atom is -0.254 e. The SMILES string of the molecule is C[C@@H](NI)c1ccc(F)c(C#N)c1. The van der Waals surface area contributed by atoms with Gasteiger partial charge >= 0.3 is 0 Å². The van der Waals surface area contributed by atoms with Gasteiger partial charge in [0.1, 0.15) is 11.9 Å². The zero-order valence-electron chi connectivity index (χ0n) is 7.01. The molecule has 13 heavy (non-hydrogen) atoms. The number of nitrogens with one attached hydrogen (secondary N) is 1. The van der Waals surface area contributed by atoms with Crippen molar-refractivity contribution in [2.45, 2.75) is 13.0 Å². The number of hydrogen-bond acceptors (Lipinski definition) is 2. The van der Waals surface area contributed by atoms with E-state index in [0.29, 0.717) is 0 Å². The first-order valence-corrected chi connectivity index (χ1v) is 4.82. The Morgan fingerprint density at radius 1 is 1.62 bits per heavy atom. The van der Waals surface area contributed by atoms with Crippen LogP contribution in [0.25, 0.3) is 0 Å². The molecule has 0 spiro atoms. The summed E-state index contributed by atoms with van der Waals surface area (Å²) >= 11 is 2.02. The molecule has 1 aromatic carbocycles. The van der Waals surface area contributed by atoms with E-state index in [1.807, 2.05) is 35.9 Å². The predicted molar refractivity (Wildman–Crippen MR) is 56.7 cm³/mol. The maximum atomic E-state index is 12.9. The van der Waals surface area contributed by atoms with E-state index in [4.69, 9.17) is 5.26 Å². The van der Waals surface area contributed by atoms with Crippen molar-refractivity contribution in [1.82, 2.24) is 3.53 Å². The smallest absolute Gasteiger partial charge is 0.140 e. The summed E-state index contributed by atoms with van der Waals surface area (Å²) in [4.78, 5) is 0. The van der Waals surface area contributed by atoms with E-state index in [-0.39, 0.29) is 11.6 Å². The number of hydrogen-bond donors (Lipinski definition) is 1. The molecule has 0 unspecified atom stereocenters. The lowest BCUT2D eigenvalue weighted by atomic mass is 10.1. The molecule has 0 saturated heterocycles. The van der Waals surface area contributed by atoms with Gasteiger partial charge < -0.3 is 0 Å². The normalized spacial score (nSPS) is 12.2. The molecule has 1 N–H and O–H groups in total. The Labute approximate surface area is 90.3 Å². The molecule has 68 valence electrons. The van der Waals surface area contributed by atoms with E-state index >= 15 is 0 Å². The van der Waals surface area contributed by atoms with Gasteiger partial charge in [0.2, 0.25) is 0 Å². The van der Waals surface area contributed by atoms with Crippen molar-refractivity contribution in [2.75, 3.05) is 0 Å². The molecule has 0 aliphatic heterocycles. The van der Waals surface area contributed by atoms with Crippen LogP contribution in [0.3, 0.4) is 0 Å². The molecular formula is C9H8FIN2. The first kappa shape index (κ1) is 10.4. The molecular weight excluding hydrogens is 282 g/mol. The van der Waals surface area contributed by atoms with Gasteiger partial charge in [-0.05, 0) is 24.6 Å². The Morgan fingerprint density at radius 3 is 2.85 bits per heavy atom. The molecule has 0 radical (unpaired) electrons. The monoisotopic (exact) mass is 290 g/mol. The summed E-state index contributed by atoms with van der Waals surface area (Å²) < 4.78 is 15.9. The first-order valence-electron chi connectivity index (χ1n) is 3.74. The summed E-state index contributed by atoms with van der Waals surface area (Å²) in [6, 6.07) is 6.48. The predicted octanol–water partition coefficient (Wildman–Crippen LogP) is 2.70. The Bertz CT molecular complexity index is 346. The third kappa shape index (κ3) is 2.39. The van der Waals surface area contributed by atoms with E-state index in [9.17, 15) is 4.39 Å². The second-order valence-electron chi connectivity index (χ2n) is 2.68. The highest BCUT2D eigenvalue weighted by molar-refractivity contribution is 14.1. The number of nitriles is 1. The average molecular weight is 290 g/mol. The fourth-order valence-electron chi connectivity index (χ4n) is 0.961. The molecule has 0 aliphatic rings. The highest BCUT2D eigenvalue weighted by atomic mass is 127. The maximum Gasteiger partial charge on any atom is 0.140 e. The standard InChI is InChI=1S/C9H8FIN2/c1-6(13-11)7-2-3-9(10)8(4-7)5-12/h2-4,6,13H,1H3/t6-/m1/s1. The van der Waals surface area contributed by atoms with Crippen molar-refractivity contribution in [3.8, 4) is 6.07 Å². The zero-order valence-corrected chi connectivity index (χ0v) is 9.17. The van der Waals surface area contributed by atoms with E-state index in [0.717, 1.165) is 5.56 Å². The van der Waals surface area contributed by atoms with E-state index in [2.05, 4.69) is 3.53 Å². The first-order chi connectivity index (χ1) is 6.19. The average Bonchev–Trinajstić information content (AvgIpc) is 2.17. The van der Waals surface area contributed by atoms with Crippen molar-refractivity contribution in [3.63, 3.8) is 0 Å².